The Kier molecular flexibility index (Phi) is 4.25. The van der Waals surface area contributed by atoms with Gasteiger partial charge in [0.2, 0.25) is 0 Å². The minimum atomic E-state index is 0.532. The van der Waals surface area contributed by atoms with E-state index in [1.54, 1.807) is 6.20 Å². The zero-order chi connectivity index (χ0) is 12.8. The van der Waals surface area contributed by atoms with Crippen LogP contribution in [0.15, 0.2) is 43.0 Å². The molecule has 2 aromatic rings. The summed E-state index contributed by atoms with van der Waals surface area (Å²) < 4.78 is 0. The molecular formula is C14H18N4. The molecule has 0 radical (unpaired) electrons. The van der Waals surface area contributed by atoms with E-state index in [4.69, 9.17) is 5.73 Å². The third-order valence-electron chi connectivity index (χ3n) is 2.95. The Labute approximate surface area is 107 Å². The van der Waals surface area contributed by atoms with Crippen molar-refractivity contribution in [1.29, 1.82) is 0 Å². The minimum absolute atomic E-state index is 0.532. The molecule has 18 heavy (non-hydrogen) atoms. The lowest BCUT2D eigenvalue weighted by molar-refractivity contribution is 0.816. The van der Waals surface area contributed by atoms with Crippen molar-refractivity contribution in [2.45, 2.75) is 20.0 Å². The minimum Gasteiger partial charge on any atom is -0.366 e. The van der Waals surface area contributed by atoms with Gasteiger partial charge in [-0.3, -0.25) is 9.97 Å². The van der Waals surface area contributed by atoms with E-state index in [-0.39, 0.29) is 0 Å². The normalized spacial score (nSPS) is 10.3. The van der Waals surface area contributed by atoms with E-state index in [1.807, 2.05) is 36.8 Å². The Morgan fingerprint density at radius 1 is 1.11 bits per heavy atom. The lowest BCUT2D eigenvalue weighted by Crippen LogP contribution is -2.24. The van der Waals surface area contributed by atoms with Gasteiger partial charge in [0, 0.05) is 38.2 Å². The fraction of sp³-hybridized carbons (Fsp3) is 0.286. The number of nitrogens with zero attached hydrogens (tertiary/aromatic N) is 3. The second-order valence-electron chi connectivity index (χ2n) is 4.08. The van der Waals surface area contributed by atoms with Gasteiger partial charge in [-0.1, -0.05) is 0 Å². The molecule has 0 saturated heterocycles. The second-order valence-corrected chi connectivity index (χ2v) is 4.08. The molecule has 0 amide bonds. The Morgan fingerprint density at radius 3 is 2.50 bits per heavy atom. The molecule has 2 heterocycles. The van der Waals surface area contributed by atoms with E-state index < -0.39 is 0 Å². The van der Waals surface area contributed by atoms with Gasteiger partial charge in [0.25, 0.3) is 0 Å². The predicted octanol–water partition coefficient (Wildman–Crippen LogP) is 1.96. The van der Waals surface area contributed by atoms with Crippen LogP contribution >= 0.6 is 0 Å². The Balaban J connectivity index is 2.23. The summed E-state index contributed by atoms with van der Waals surface area (Å²) in [5.74, 6) is 0. The molecule has 0 aliphatic rings. The van der Waals surface area contributed by atoms with E-state index in [0.29, 0.717) is 6.54 Å². The summed E-state index contributed by atoms with van der Waals surface area (Å²) in [7, 11) is 0. The molecule has 2 rings (SSSR count). The maximum atomic E-state index is 5.77. The molecule has 0 aliphatic heterocycles. The molecule has 0 bridgehead atoms. The molecule has 4 heteroatoms. The predicted molar refractivity (Wildman–Crippen MR) is 73.1 cm³/mol. The summed E-state index contributed by atoms with van der Waals surface area (Å²) in [4.78, 5) is 10.5. The highest BCUT2D eigenvalue weighted by atomic mass is 15.1. The van der Waals surface area contributed by atoms with Crippen LogP contribution in [0.4, 0.5) is 5.69 Å². The highest BCUT2D eigenvalue weighted by molar-refractivity contribution is 5.51. The number of hydrogen-bond donors (Lipinski definition) is 1. The monoisotopic (exact) mass is 242 g/mol. The number of nitrogens with two attached hydrogens (primary N) is 1. The second kappa shape index (κ2) is 6.12. The van der Waals surface area contributed by atoms with Gasteiger partial charge in [0.15, 0.2) is 0 Å². The SMILES string of the molecule is CCN(Cc1ccncc1)c1cnccc1CN. The van der Waals surface area contributed by atoms with Crippen LogP contribution in [0.3, 0.4) is 0 Å². The number of anilines is 1. The van der Waals surface area contributed by atoms with Crippen LogP contribution in [-0.2, 0) is 13.1 Å². The molecule has 0 aromatic carbocycles. The summed E-state index contributed by atoms with van der Waals surface area (Å²) in [6, 6.07) is 6.03. The third-order valence-corrected chi connectivity index (χ3v) is 2.95. The van der Waals surface area contributed by atoms with Gasteiger partial charge < -0.3 is 10.6 Å². The van der Waals surface area contributed by atoms with Gasteiger partial charge in [-0.15, -0.1) is 0 Å². The molecule has 2 aromatic heterocycles. The highest BCUT2D eigenvalue weighted by Crippen LogP contribution is 2.20. The van der Waals surface area contributed by atoms with Crippen LogP contribution in [-0.4, -0.2) is 16.5 Å². The molecule has 0 spiro atoms. The third kappa shape index (κ3) is 2.84. The van der Waals surface area contributed by atoms with E-state index in [0.717, 1.165) is 24.3 Å². The summed E-state index contributed by atoms with van der Waals surface area (Å²) in [5, 5.41) is 0. The molecule has 0 fully saturated rings. The van der Waals surface area contributed by atoms with E-state index in [2.05, 4.69) is 21.8 Å². The molecule has 0 atom stereocenters. The molecular weight excluding hydrogens is 224 g/mol. The maximum absolute atomic E-state index is 5.77. The van der Waals surface area contributed by atoms with Crippen molar-refractivity contribution in [3.8, 4) is 0 Å². The number of aromatic nitrogens is 2. The van der Waals surface area contributed by atoms with Gasteiger partial charge in [-0.2, -0.15) is 0 Å². The summed E-state index contributed by atoms with van der Waals surface area (Å²) in [5.41, 5.74) is 9.24. The molecule has 0 aliphatic carbocycles. The van der Waals surface area contributed by atoms with Crippen molar-refractivity contribution in [3.05, 3.63) is 54.1 Å². The van der Waals surface area contributed by atoms with E-state index in [9.17, 15) is 0 Å². The molecule has 94 valence electrons. The van der Waals surface area contributed by atoms with Crippen LogP contribution in [0.1, 0.15) is 18.1 Å². The Hall–Kier alpha value is -1.94. The zero-order valence-corrected chi connectivity index (χ0v) is 10.6. The molecule has 2 N–H and O–H groups in total. The van der Waals surface area contributed by atoms with Crippen molar-refractivity contribution in [2.75, 3.05) is 11.4 Å². The summed E-state index contributed by atoms with van der Waals surface area (Å²) in [6.45, 7) is 4.43. The van der Waals surface area contributed by atoms with E-state index in [1.165, 1.54) is 5.56 Å². The van der Waals surface area contributed by atoms with Crippen LogP contribution in [0.5, 0.6) is 0 Å². The van der Waals surface area contributed by atoms with Crippen molar-refractivity contribution in [3.63, 3.8) is 0 Å². The molecule has 0 saturated carbocycles. The standard InChI is InChI=1S/C14H18N4/c1-2-18(11-12-3-6-16-7-4-12)14-10-17-8-5-13(14)9-15/h3-8,10H,2,9,11,15H2,1H3. The van der Waals surface area contributed by atoms with Crippen molar-refractivity contribution in [1.82, 2.24) is 9.97 Å². The number of rotatable bonds is 5. The van der Waals surface area contributed by atoms with Gasteiger partial charge >= 0.3 is 0 Å². The average molecular weight is 242 g/mol. The van der Waals surface area contributed by atoms with Gasteiger partial charge in [-0.25, -0.2) is 0 Å². The van der Waals surface area contributed by atoms with Crippen molar-refractivity contribution < 1.29 is 0 Å². The molecule has 0 unspecified atom stereocenters. The maximum Gasteiger partial charge on any atom is 0.0601 e. The van der Waals surface area contributed by atoms with Crippen LogP contribution in [0, 0.1) is 0 Å². The van der Waals surface area contributed by atoms with Crippen LogP contribution in [0.25, 0.3) is 0 Å². The topological polar surface area (TPSA) is 55.0 Å². The smallest absolute Gasteiger partial charge is 0.0601 e. The average Bonchev–Trinajstić information content (AvgIpc) is 2.46. The first-order valence-corrected chi connectivity index (χ1v) is 6.12. The highest BCUT2D eigenvalue weighted by Gasteiger charge is 2.09. The Morgan fingerprint density at radius 2 is 1.83 bits per heavy atom. The summed E-state index contributed by atoms with van der Waals surface area (Å²) in [6.07, 6.45) is 7.30. The largest absolute Gasteiger partial charge is 0.366 e. The number of hydrogen-bond acceptors (Lipinski definition) is 4. The van der Waals surface area contributed by atoms with Crippen molar-refractivity contribution >= 4 is 5.69 Å². The summed E-state index contributed by atoms with van der Waals surface area (Å²) >= 11 is 0. The zero-order valence-electron chi connectivity index (χ0n) is 10.6. The van der Waals surface area contributed by atoms with Gasteiger partial charge in [0.05, 0.1) is 11.9 Å². The first-order chi connectivity index (χ1) is 8.85. The van der Waals surface area contributed by atoms with Crippen LogP contribution < -0.4 is 10.6 Å². The van der Waals surface area contributed by atoms with Gasteiger partial charge in [0.1, 0.15) is 0 Å². The van der Waals surface area contributed by atoms with Crippen LogP contribution in [0.2, 0.25) is 0 Å². The van der Waals surface area contributed by atoms with E-state index >= 15 is 0 Å². The first-order valence-electron chi connectivity index (χ1n) is 6.12. The number of pyridine rings is 2. The fourth-order valence-corrected chi connectivity index (χ4v) is 1.95. The Bertz CT molecular complexity index is 484. The lowest BCUT2D eigenvalue weighted by Gasteiger charge is -2.25. The first kappa shape index (κ1) is 12.5. The van der Waals surface area contributed by atoms with Gasteiger partial charge in [-0.05, 0) is 36.2 Å². The van der Waals surface area contributed by atoms with Crippen molar-refractivity contribution in [2.24, 2.45) is 5.73 Å². The fourth-order valence-electron chi connectivity index (χ4n) is 1.95. The lowest BCUT2D eigenvalue weighted by atomic mass is 10.2. The molecule has 4 nitrogen and oxygen atoms in total. The quantitative estimate of drug-likeness (QED) is 0.870.